The van der Waals surface area contributed by atoms with Crippen molar-refractivity contribution in [2.24, 2.45) is 0 Å². The number of nitrogens with zero attached hydrogens (tertiary/aromatic N) is 2. The Balaban J connectivity index is 1.54. The van der Waals surface area contributed by atoms with Gasteiger partial charge < -0.3 is 25.6 Å². The van der Waals surface area contributed by atoms with Crippen LogP contribution in [0.5, 0.6) is 11.5 Å². The monoisotopic (exact) mass is 400 g/mol. The van der Waals surface area contributed by atoms with Crippen molar-refractivity contribution in [3.8, 4) is 11.5 Å². The quantitative estimate of drug-likeness (QED) is 0.581. The smallest absolute Gasteiger partial charge is 0.184 e. The number of benzene rings is 1. The number of nitrogens with one attached hydrogen (secondary N) is 1. The van der Waals surface area contributed by atoms with Gasteiger partial charge in [0.05, 0.1) is 24.0 Å². The van der Waals surface area contributed by atoms with E-state index in [2.05, 4.69) is 15.3 Å². The van der Waals surface area contributed by atoms with Crippen LogP contribution in [0.3, 0.4) is 0 Å². The maximum absolute atomic E-state index is 10.2. The largest absolute Gasteiger partial charge is 0.494 e. The number of thiazole rings is 1. The maximum atomic E-state index is 10.2. The van der Waals surface area contributed by atoms with Crippen molar-refractivity contribution >= 4 is 32.5 Å². The average molecular weight is 401 g/mol. The summed E-state index contributed by atoms with van der Waals surface area (Å²) >= 11 is 1.54. The minimum atomic E-state index is -0.325. The first-order valence-electron chi connectivity index (χ1n) is 9.39. The Labute approximate surface area is 167 Å². The molecule has 2 heterocycles. The topological polar surface area (TPSA) is 103 Å². The molecule has 0 aliphatic heterocycles. The molecule has 1 aliphatic rings. The number of anilines is 2. The van der Waals surface area contributed by atoms with Crippen LogP contribution in [0.2, 0.25) is 0 Å². The molecular formula is C20H24N4O3S. The number of nitrogen functional groups attached to an aromatic ring is 1. The Morgan fingerprint density at radius 3 is 2.93 bits per heavy atom. The maximum Gasteiger partial charge on any atom is 0.184 e. The summed E-state index contributed by atoms with van der Waals surface area (Å²) in [6.45, 7) is 0.388. The molecule has 0 unspecified atom stereocenters. The summed E-state index contributed by atoms with van der Waals surface area (Å²) in [7, 11) is 1.62. The van der Waals surface area contributed by atoms with Crippen LogP contribution in [0.1, 0.15) is 31.2 Å². The number of fused-ring (bicyclic) bond motifs is 1. The van der Waals surface area contributed by atoms with E-state index in [4.69, 9.17) is 15.2 Å². The zero-order valence-corrected chi connectivity index (χ0v) is 16.5. The highest BCUT2D eigenvalue weighted by Crippen LogP contribution is 2.37. The van der Waals surface area contributed by atoms with Gasteiger partial charge in [0.15, 0.2) is 5.13 Å². The minimum Gasteiger partial charge on any atom is -0.494 e. The fourth-order valence-corrected chi connectivity index (χ4v) is 4.44. The molecule has 1 aromatic carbocycles. The SMILES string of the molecule is COc1cc(OCc2ccnc(N)c2)cc2sc(N[C@@H]3CCCC[C@H]3O)nc12. The predicted molar refractivity (Wildman–Crippen MR) is 111 cm³/mol. The zero-order valence-electron chi connectivity index (χ0n) is 15.7. The van der Waals surface area contributed by atoms with Gasteiger partial charge in [0, 0.05) is 12.3 Å². The molecule has 0 saturated heterocycles. The van der Waals surface area contributed by atoms with Crippen LogP contribution in [0.15, 0.2) is 30.5 Å². The Bertz CT molecular complexity index is 962. The summed E-state index contributed by atoms with van der Waals surface area (Å²) in [4.78, 5) is 8.66. The lowest BCUT2D eigenvalue weighted by Gasteiger charge is -2.27. The number of rotatable bonds is 6. The van der Waals surface area contributed by atoms with E-state index in [1.807, 2.05) is 18.2 Å². The second-order valence-corrected chi connectivity index (χ2v) is 8.00. The van der Waals surface area contributed by atoms with Crippen LogP contribution < -0.4 is 20.5 Å². The zero-order chi connectivity index (χ0) is 19.5. The van der Waals surface area contributed by atoms with E-state index in [1.165, 1.54) is 11.3 Å². The summed E-state index contributed by atoms with van der Waals surface area (Å²) in [6.07, 6.45) is 5.34. The van der Waals surface area contributed by atoms with Crippen molar-refractivity contribution in [3.63, 3.8) is 0 Å². The van der Waals surface area contributed by atoms with Gasteiger partial charge in [-0.05, 0) is 36.6 Å². The molecule has 0 spiro atoms. The lowest BCUT2D eigenvalue weighted by molar-refractivity contribution is 0.116. The van der Waals surface area contributed by atoms with E-state index in [0.717, 1.165) is 46.6 Å². The highest BCUT2D eigenvalue weighted by atomic mass is 32.1. The number of ether oxygens (including phenoxy) is 2. The third-order valence-electron chi connectivity index (χ3n) is 4.94. The van der Waals surface area contributed by atoms with Crippen LogP contribution in [-0.4, -0.2) is 34.3 Å². The Kier molecular flexibility index (Phi) is 5.50. The molecular weight excluding hydrogens is 376 g/mol. The summed E-state index contributed by atoms with van der Waals surface area (Å²) in [6, 6.07) is 7.51. The van der Waals surface area contributed by atoms with E-state index < -0.39 is 0 Å². The molecule has 1 saturated carbocycles. The van der Waals surface area contributed by atoms with E-state index in [0.29, 0.717) is 23.9 Å². The fraction of sp³-hybridized carbons (Fsp3) is 0.400. The number of aromatic nitrogens is 2. The summed E-state index contributed by atoms with van der Waals surface area (Å²) < 4.78 is 12.4. The van der Waals surface area contributed by atoms with E-state index in [-0.39, 0.29) is 12.1 Å². The minimum absolute atomic E-state index is 0.0492. The van der Waals surface area contributed by atoms with Gasteiger partial charge in [-0.2, -0.15) is 0 Å². The third kappa shape index (κ3) is 4.13. The van der Waals surface area contributed by atoms with Crippen molar-refractivity contribution in [1.29, 1.82) is 0 Å². The summed E-state index contributed by atoms with van der Waals surface area (Å²) in [5.74, 6) is 1.83. The van der Waals surface area contributed by atoms with Crippen molar-refractivity contribution in [2.75, 3.05) is 18.2 Å². The molecule has 2 atom stereocenters. The number of aliphatic hydroxyl groups is 1. The number of aliphatic hydroxyl groups excluding tert-OH is 1. The van der Waals surface area contributed by atoms with E-state index in [9.17, 15) is 5.11 Å². The van der Waals surface area contributed by atoms with Crippen molar-refractivity contribution in [2.45, 2.75) is 44.4 Å². The van der Waals surface area contributed by atoms with E-state index >= 15 is 0 Å². The number of methoxy groups -OCH3 is 1. The second-order valence-electron chi connectivity index (χ2n) is 6.97. The molecule has 7 nitrogen and oxygen atoms in total. The van der Waals surface area contributed by atoms with Gasteiger partial charge in [0.1, 0.15) is 29.4 Å². The first kappa shape index (κ1) is 18.8. The van der Waals surface area contributed by atoms with Gasteiger partial charge in [-0.25, -0.2) is 9.97 Å². The fourth-order valence-electron chi connectivity index (χ4n) is 3.46. The molecule has 2 aromatic heterocycles. The number of hydrogen-bond acceptors (Lipinski definition) is 8. The Morgan fingerprint density at radius 2 is 2.14 bits per heavy atom. The lowest BCUT2D eigenvalue weighted by atomic mass is 9.93. The molecule has 4 N–H and O–H groups in total. The van der Waals surface area contributed by atoms with Gasteiger partial charge in [0.2, 0.25) is 0 Å². The molecule has 0 amide bonds. The Morgan fingerprint density at radius 1 is 1.29 bits per heavy atom. The molecule has 3 aromatic rings. The van der Waals surface area contributed by atoms with Gasteiger partial charge in [-0.3, -0.25) is 0 Å². The molecule has 0 radical (unpaired) electrons. The number of hydrogen-bond donors (Lipinski definition) is 3. The lowest BCUT2D eigenvalue weighted by Crippen LogP contribution is -2.36. The van der Waals surface area contributed by atoms with Crippen molar-refractivity contribution in [3.05, 3.63) is 36.0 Å². The van der Waals surface area contributed by atoms with Gasteiger partial charge in [0.25, 0.3) is 0 Å². The second kappa shape index (κ2) is 8.20. The first-order chi connectivity index (χ1) is 13.6. The van der Waals surface area contributed by atoms with Crippen LogP contribution in [0.25, 0.3) is 10.2 Å². The predicted octanol–water partition coefficient (Wildman–Crippen LogP) is 3.58. The van der Waals surface area contributed by atoms with Crippen LogP contribution in [0, 0.1) is 0 Å². The highest BCUT2D eigenvalue weighted by Gasteiger charge is 2.24. The van der Waals surface area contributed by atoms with Crippen molar-refractivity contribution in [1.82, 2.24) is 9.97 Å². The van der Waals surface area contributed by atoms with Gasteiger partial charge in [-0.15, -0.1) is 0 Å². The molecule has 1 aliphatic carbocycles. The van der Waals surface area contributed by atoms with Gasteiger partial charge in [-0.1, -0.05) is 24.2 Å². The summed E-state index contributed by atoms with van der Waals surface area (Å²) in [5.41, 5.74) is 7.46. The van der Waals surface area contributed by atoms with Gasteiger partial charge >= 0.3 is 0 Å². The molecule has 0 bridgehead atoms. The molecule has 28 heavy (non-hydrogen) atoms. The normalized spacial score (nSPS) is 19.5. The third-order valence-corrected chi connectivity index (χ3v) is 5.88. The van der Waals surface area contributed by atoms with Crippen LogP contribution in [0.4, 0.5) is 10.9 Å². The van der Waals surface area contributed by atoms with E-state index in [1.54, 1.807) is 19.4 Å². The molecule has 1 fully saturated rings. The summed E-state index contributed by atoms with van der Waals surface area (Å²) in [5, 5.41) is 14.4. The standard InChI is InChI=1S/C20H24N4O3S/c1-26-16-9-13(27-11-12-6-7-22-18(21)8-12)10-17-19(16)24-20(28-17)23-14-4-2-3-5-15(14)25/h6-10,14-15,25H,2-5,11H2,1H3,(H2,21,22)(H,23,24)/t14-,15-/m1/s1. The Hall–Kier alpha value is -2.58. The van der Waals surface area contributed by atoms with Crippen LogP contribution in [-0.2, 0) is 6.61 Å². The highest BCUT2D eigenvalue weighted by molar-refractivity contribution is 7.22. The molecule has 4 rings (SSSR count). The van der Waals surface area contributed by atoms with Crippen LogP contribution >= 0.6 is 11.3 Å². The molecule has 8 heteroatoms. The average Bonchev–Trinajstić information content (AvgIpc) is 3.10. The number of nitrogens with two attached hydrogens (primary N) is 1. The number of pyridine rings is 1. The molecule has 148 valence electrons. The first-order valence-corrected chi connectivity index (χ1v) is 10.2. The van der Waals surface area contributed by atoms with Crippen molar-refractivity contribution < 1.29 is 14.6 Å².